The van der Waals surface area contributed by atoms with E-state index < -0.39 is 0 Å². The number of ether oxygens (including phenoxy) is 2. The van der Waals surface area contributed by atoms with E-state index in [1.807, 2.05) is 73.7 Å². The van der Waals surface area contributed by atoms with Crippen LogP contribution in [0.1, 0.15) is 11.4 Å². The third-order valence-electron chi connectivity index (χ3n) is 4.64. The first-order chi connectivity index (χ1) is 14.1. The van der Waals surface area contributed by atoms with Crippen LogP contribution in [0.4, 0.5) is 0 Å². The summed E-state index contributed by atoms with van der Waals surface area (Å²) in [5, 5.41) is 1.31. The highest BCUT2D eigenvalue weighted by atomic mass is 35.5. The summed E-state index contributed by atoms with van der Waals surface area (Å²) in [6, 6.07) is 21.1. The van der Waals surface area contributed by atoms with E-state index in [-0.39, 0.29) is 0 Å². The lowest BCUT2D eigenvalue weighted by Crippen LogP contribution is -2.13. The van der Waals surface area contributed by atoms with Crippen LogP contribution in [-0.4, -0.2) is 16.2 Å². The Balaban J connectivity index is 1.51. The van der Waals surface area contributed by atoms with Crippen molar-refractivity contribution in [1.82, 2.24) is 9.55 Å². The van der Waals surface area contributed by atoms with Gasteiger partial charge in [0, 0.05) is 5.02 Å². The molecular weight excluding hydrogens is 407 g/mol. The largest absolute Gasteiger partial charge is 0.492 e. The molecule has 0 bridgehead atoms. The van der Waals surface area contributed by atoms with Crippen LogP contribution in [-0.2, 0) is 13.2 Å². The molecule has 4 rings (SSSR count). The fourth-order valence-electron chi connectivity index (χ4n) is 3.15. The van der Waals surface area contributed by atoms with Gasteiger partial charge in [-0.1, -0.05) is 47.5 Å². The SMILES string of the molecule is Cc1cc(OCCn2c(COc3ccccc3Cl)nc3ccccc32)ccc1Cl. The maximum absolute atomic E-state index is 6.20. The summed E-state index contributed by atoms with van der Waals surface area (Å²) in [4.78, 5) is 4.73. The van der Waals surface area contributed by atoms with Crippen LogP contribution in [0.15, 0.2) is 66.7 Å². The predicted octanol–water partition coefficient (Wildman–Crippen LogP) is 6.31. The van der Waals surface area contributed by atoms with E-state index in [2.05, 4.69) is 4.57 Å². The summed E-state index contributed by atoms with van der Waals surface area (Å²) >= 11 is 12.3. The highest BCUT2D eigenvalue weighted by Crippen LogP contribution is 2.25. The van der Waals surface area contributed by atoms with E-state index in [1.165, 1.54) is 0 Å². The minimum Gasteiger partial charge on any atom is -0.492 e. The highest BCUT2D eigenvalue weighted by Gasteiger charge is 2.12. The molecule has 148 valence electrons. The average molecular weight is 427 g/mol. The molecule has 0 aliphatic heterocycles. The van der Waals surface area contributed by atoms with Gasteiger partial charge in [-0.25, -0.2) is 4.98 Å². The van der Waals surface area contributed by atoms with E-state index >= 15 is 0 Å². The lowest BCUT2D eigenvalue weighted by Gasteiger charge is -2.12. The molecule has 0 amide bonds. The van der Waals surface area contributed by atoms with Gasteiger partial charge in [0.1, 0.15) is 30.5 Å². The lowest BCUT2D eigenvalue weighted by molar-refractivity contribution is 0.272. The fraction of sp³-hybridized carbons (Fsp3) is 0.174. The van der Waals surface area contributed by atoms with Gasteiger partial charge in [0.15, 0.2) is 0 Å². The normalized spacial score (nSPS) is 11.0. The maximum atomic E-state index is 6.20. The molecule has 0 radical (unpaired) electrons. The molecule has 3 aromatic carbocycles. The zero-order chi connectivity index (χ0) is 20.2. The summed E-state index contributed by atoms with van der Waals surface area (Å²) in [7, 11) is 0. The second-order valence-electron chi connectivity index (χ2n) is 6.65. The molecule has 0 saturated carbocycles. The van der Waals surface area contributed by atoms with Gasteiger partial charge >= 0.3 is 0 Å². The van der Waals surface area contributed by atoms with Gasteiger partial charge in [-0.2, -0.15) is 0 Å². The van der Waals surface area contributed by atoms with E-state index in [9.17, 15) is 0 Å². The van der Waals surface area contributed by atoms with Crippen molar-refractivity contribution in [2.45, 2.75) is 20.1 Å². The minimum atomic E-state index is 0.318. The van der Waals surface area contributed by atoms with Crippen molar-refractivity contribution in [2.75, 3.05) is 6.61 Å². The second kappa shape index (κ2) is 8.76. The second-order valence-corrected chi connectivity index (χ2v) is 7.46. The minimum absolute atomic E-state index is 0.318. The predicted molar refractivity (Wildman–Crippen MR) is 117 cm³/mol. The van der Waals surface area contributed by atoms with Crippen molar-refractivity contribution in [3.63, 3.8) is 0 Å². The van der Waals surface area contributed by atoms with E-state index in [1.54, 1.807) is 0 Å². The average Bonchev–Trinajstić information content (AvgIpc) is 3.08. The van der Waals surface area contributed by atoms with Crippen molar-refractivity contribution in [2.24, 2.45) is 0 Å². The Morgan fingerprint density at radius 3 is 2.52 bits per heavy atom. The molecule has 1 aromatic heterocycles. The van der Waals surface area contributed by atoms with Crippen LogP contribution in [0.2, 0.25) is 10.0 Å². The number of halogens is 2. The smallest absolute Gasteiger partial charge is 0.148 e. The van der Waals surface area contributed by atoms with Crippen LogP contribution in [0.5, 0.6) is 11.5 Å². The Morgan fingerprint density at radius 2 is 1.69 bits per heavy atom. The number of fused-ring (bicyclic) bond motifs is 1. The summed E-state index contributed by atoms with van der Waals surface area (Å²) in [6.45, 7) is 3.42. The Kier molecular flexibility index (Phi) is 5.93. The molecular formula is C23H20Cl2N2O2. The highest BCUT2D eigenvalue weighted by molar-refractivity contribution is 6.32. The number of nitrogens with zero attached hydrogens (tertiary/aromatic N) is 2. The van der Waals surface area contributed by atoms with Crippen LogP contribution in [0.25, 0.3) is 11.0 Å². The van der Waals surface area contributed by atoms with Gasteiger partial charge in [-0.05, 0) is 55.0 Å². The van der Waals surface area contributed by atoms with E-state index in [0.29, 0.717) is 30.5 Å². The molecule has 4 nitrogen and oxygen atoms in total. The summed E-state index contributed by atoms with van der Waals surface area (Å²) in [5.41, 5.74) is 2.96. The first kappa shape index (κ1) is 19.6. The molecule has 0 atom stereocenters. The van der Waals surface area contributed by atoms with Crippen molar-refractivity contribution >= 4 is 34.2 Å². The number of hydrogen-bond acceptors (Lipinski definition) is 3. The summed E-state index contributed by atoms with van der Waals surface area (Å²) in [5.74, 6) is 2.26. The van der Waals surface area contributed by atoms with Gasteiger partial charge < -0.3 is 14.0 Å². The standard InChI is InChI=1S/C23H20Cl2N2O2/c1-16-14-17(10-11-18(16)24)28-13-12-27-21-8-4-3-7-20(21)26-23(27)15-29-22-9-5-2-6-19(22)25/h2-11,14H,12-13,15H2,1H3. The molecule has 6 heteroatoms. The number of aryl methyl sites for hydroxylation is 1. The molecule has 0 spiro atoms. The number of benzene rings is 3. The Morgan fingerprint density at radius 1 is 0.897 bits per heavy atom. The molecule has 0 unspecified atom stereocenters. The van der Waals surface area contributed by atoms with Gasteiger partial charge in [0.05, 0.1) is 22.6 Å². The van der Waals surface area contributed by atoms with Gasteiger partial charge in [0.2, 0.25) is 0 Å². The number of imidazole rings is 1. The molecule has 1 heterocycles. The van der Waals surface area contributed by atoms with Crippen LogP contribution in [0, 0.1) is 6.92 Å². The number of hydrogen-bond donors (Lipinski definition) is 0. The summed E-state index contributed by atoms with van der Waals surface area (Å²) < 4.78 is 14.0. The van der Waals surface area contributed by atoms with Crippen LogP contribution < -0.4 is 9.47 Å². The first-order valence-electron chi connectivity index (χ1n) is 9.32. The third kappa shape index (κ3) is 4.50. The van der Waals surface area contributed by atoms with Crippen LogP contribution in [0.3, 0.4) is 0 Å². The fourth-order valence-corrected chi connectivity index (χ4v) is 3.46. The topological polar surface area (TPSA) is 36.3 Å². The zero-order valence-corrected chi connectivity index (χ0v) is 17.5. The Bertz CT molecular complexity index is 1140. The van der Waals surface area contributed by atoms with Crippen LogP contribution >= 0.6 is 23.2 Å². The number of aromatic nitrogens is 2. The molecule has 0 aliphatic carbocycles. The molecule has 0 fully saturated rings. The quantitative estimate of drug-likeness (QED) is 0.347. The molecule has 29 heavy (non-hydrogen) atoms. The third-order valence-corrected chi connectivity index (χ3v) is 5.38. The number of para-hydroxylation sites is 3. The maximum Gasteiger partial charge on any atom is 0.148 e. The molecule has 0 aliphatic rings. The molecule has 0 saturated heterocycles. The van der Waals surface area contributed by atoms with Gasteiger partial charge in [-0.15, -0.1) is 0 Å². The Labute approximate surface area is 179 Å². The van der Waals surface area contributed by atoms with E-state index in [4.69, 9.17) is 37.7 Å². The number of rotatable bonds is 7. The zero-order valence-electron chi connectivity index (χ0n) is 15.9. The van der Waals surface area contributed by atoms with Crippen molar-refractivity contribution in [3.05, 3.63) is 88.2 Å². The van der Waals surface area contributed by atoms with E-state index in [0.717, 1.165) is 33.2 Å². The van der Waals surface area contributed by atoms with Gasteiger partial charge in [0.25, 0.3) is 0 Å². The van der Waals surface area contributed by atoms with Crippen molar-refractivity contribution in [1.29, 1.82) is 0 Å². The molecule has 0 N–H and O–H groups in total. The first-order valence-corrected chi connectivity index (χ1v) is 10.1. The Hall–Kier alpha value is -2.69. The lowest BCUT2D eigenvalue weighted by atomic mass is 10.2. The van der Waals surface area contributed by atoms with Crippen molar-refractivity contribution in [3.8, 4) is 11.5 Å². The van der Waals surface area contributed by atoms with Gasteiger partial charge in [-0.3, -0.25) is 0 Å². The summed E-state index contributed by atoms with van der Waals surface area (Å²) in [6.07, 6.45) is 0. The molecule has 4 aromatic rings. The van der Waals surface area contributed by atoms with Crippen molar-refractivity contribution < 1.29 is 9.47 Å². The monoisotopic (exact) mass is 426 g/mol.